The summed E-state index contributed by atoms with van der Waals surface area (Å²) >= 11 is 0. The molecule has 0 atom stereocenters. The quantitative estimate of drug-likeness (QED) is 0.621. The number of carbonyl (C=O) groups excluding carboxylic acids is 1. The number of aromatic nitrogens is 1. The summed E-state index contributed by atoms with van der Waals surface area (Å²) in [4.78, 5) is 24.2. The monoisotopic (exact) mass is 348 g/mol. The Morgan fingerprint density at radius 1 is 1.32 bits per heavy atom. The second kappa shape index (κ2) is 7.48. The second-order valence-corrected chi connectivity index (χ2v) is 6.32. The Labute approximate surface area is 144 Å². The van der Waals surface area contributed by atoms with E-state index >= 15 is 0 Å². The molecule has 6 nitrogen and oxygen atoms in total. The molecule has 0 saturated heterocycles. The van der Waals surface area contributed by atoms with Crippen molar-refractivity contribution in [3.05, 3.63) is 52.7 Å². The van der Waals surface area contributed by atoms with Crippen LogP contribution in [0.15, 0.2) is 41.3 Å². The predicted octanol–water partition coefficient (Wildman–Crippen LogP) is 2.58. The lowest BCUT2D eigenvalue weighted by Crippen LogP contribution is -2.36. The number of hydrogen-bond donors (Lipinski definition) is 2. The van der Waals surface area contributed by atoms with Gasteiger partial charge in [-0.3, -0.25) is 14.8 Å². The van der Waals surface area contributed by atoms with Gasteiger partial charge < -0.3 is 9.30 Å². The third-order valence-corrected chi connectivity index (χ3v) is 4.15. The molecule has 0 bridgehead atoms. The minimum Gasteiger partial charge on any atom is -0.491 e. The van der Waals surface area contributed by atoms with Crippen LogP contribution in [-0.2, 0) is 11.3 Å². The summed E-state index contributed by atoms with van der Waals surface area (Å²) in [6, 6.07) is 8.67. The summed E-state index contributed by atoms with van der Waals surface area (Å²) in [5, 5.41) is 8.76. The van der Waals surface area contributed by atoms with Crippen molar-refractivity contribution in [3.63, 3.8) is 0 Å². The van der Waals surface area contributed by atoms with Crippen LogP contribution in [0.2, 0.25) is 0 Å². The molecule has 134 valence electrons. The zero-order chi connectivity index (χ0) is 18.6. The van der Waals surface area contributed by atoms with Gasteiger partial charge in [-0.15, -0.1) is 0 Å². The number of amides is 1. The van der Waals surface area contributed by atoms with E-state index in [0.29, 0.717) is 5.56 Å². The molecule has 0 fully saturated rings. The van der Waals surface area contributed by atoms with Crippen molar-refractivity contribution in [1.29, 1.82) is 0 Å². The number of rotatable bonds is 6. The molecule has 0 spiro atoms. The molecule has 25 heavy (non-hydrogen) atoms. The van der Waals surface area contributed by atoms with Gasteiger partial charge in [-0.05, 0) is 12.0 Å². The highest BCUT2D eigenvalue weighted by atomic mass is 19.1. The number of nitrogens with zero attached hydrogens (tertiary/aromatic N) is 1. The highest BCUT2D eigenvalue weighted by Gasteiger charge is 2.28. The van der Waals surface area contributed by atoms with Crippen LogP contribution in [0.3, 0.4) is 0 Å². The Balaban J connectivity index is 2.42. The molecule has 1 aromatic carbocycles. The van der Waals surface area contributed by atoms with E-state index in [9.17, 15) is 14.0 Å². The van der Waals surface area contributed by atoms with Crippen LogP contribution >= 0.6 is 0 Å². The number of nitrogens with one attached hydrogen (secondary N) is 1. The van der Waals surface area contributed by atoms with E-state index in [1.807, 2.05) is 0 Å². The fourth-order valence-electron chi connectivity index (χ4n) is 2.50. The maximum atomic E-state index is 14.6. The number of aryl methyl sites for hydroxylation is 1. The number of benzene rings is 1. The van der Waals surface area contributed by atoms with Crippen molar-refractivity contribution in [2.24, 2.45) is 5.41 Å². The lowest BCUT2D eigenvalue weighted by atomic mass is 9.88. The third kappa shape index (κ3) is 3.88. The Morgan fingerprint density at radius 3 is 2.52 bits per heavy atom. The van der Waals surface area contributed by atoms with Crippen molar-refractivity contribution in [1.82, 2.24) is 10.0 Å². The topological polar surface area (TPSA) is 80.6 Å². The smallest absolute Gasteiger partial charge is 0.293 e. The molecule has 0 radical (unpaired) electrons. The number of halogens is 1. The van der Waals surface area contributed by atoms with Crippen LogP contribution in [0.1, 0.15) is 20.3 Å². The van der Waals surface area contributed by atoms with Crippen LogP contribution in [0.5, 0.6) is 5.75 Å². The number of hydrogen-bond acceptors (Lipinski definition) is 4. The van der Waals surface area contributed by atoms with Gasteiger partial charge in [0.05, 0.1) is 12.7 Å². The fourth-order valence-corrected chi connectivity index (χ4v) is 2.50. The molecule has 0 aliphatic rings. The van der Waals surface area contributed by atoms with E-state index in [1.54, 1.807) is 49.7 Å². The summed E-state index contributed by atoms with van der Waals surface area (Å²) in [5.41, 5.74) is 0.842. The van der Waals surface area contributed by atoms with Gasteiger partial charge in [0.15, 0.2) is 11.6 Å². The Kier molecular flexibility index (Phi) is 5.58. The predicted molar refractivity (Wildman–Crippen MR) is 91.0 cm³/mol. The summed E-state index contributed by atoms with van der Waals surface area (Å²) in [6.45, 7) is 3.34. The molecule has 2 aromatic rings. The minimum atomic E-state index is -0.921. The largest absolute Gasteiger partial charge is 0.491 e. The van der Waals surface area contributed by atoms with Crippen LogP contribution in [-0.4, -0.2) is 22.8 Å². The summed E-state index contributed by atoms with van der Waals surface area (Å²) < 4.78 is 21.0. The summed E-state index contributed by atoms with van der Waals surface area (Å²) in [5.74, 6) is -1.25. The van der Waals surface area contributed by atoms with E-state index in [2.05, 4.69) is 0 Å². The lowest BCUT2D eigenvalue weighted by molar-refractivity contribution is -0.138. The molecule has 1 amide bonds. The molecule has 2 rings (SSSR count). The maximum absolute atomic E-state index is 14.6. The van der Waals surface area contributed by atoms with Gasteiger partial charge in [0.1, 0.15) is 0 Å². The van der Waals surface area contributed by atoms with Gasteiger partial charge in [0, 0.05) is 18.2 Å². The summed E-state index contributed by atoms with van der Waals surface area (Å²) in [7, 11) is 1.32. The molecule has 0 aliphatic heterocycles. The average Bonchev–Trinajstić information content (AvgIpc) is 2.61. The molecule has 0 saturated carbocycles. The van der Waals surface area contributed by atoms with Crippen molar-refractivity contribution in [2.75, 3.05) is 7.11 Å². The molecule has 1 aromatic heterocycles. The molecular formula is C18H21FN2O4. The van der Waals surface area contributed by atoms with Crippen LogP contribution < -0.4 is 15.8 Å². The van der Waals surface area contributed by atoms with Crippen molar-refractivity contribution in [2.45, 2.75) is 26.8 Å². The zero-order valence-corrected chi connectivity index (χ0v) is 14.4. The first-order valence-electron chi connectivity index (χ1n) is 7.78. The van der Waals surface area contributed by atoms with E-state index in [1.165, 1.54) is 11.7 Å². The zero-order valence-electron chi connectivity index (χ0n) is 14.4. The molecule has 1 heterocycles. The maximum Gasteiger partial charge on any atom is 0.293 e. The number of methoxy groups -OCH3 is 1. The third-order valence-electron chi connectivity index (χ3n) is 4.15. The Bertz CT molecular complexity index is 816. The molecular weight excluding hydrogens is 327 g/mol. The van der Waals surface area contributed by atoms with Gasteiger partial charge in [-0.2, -0.15) is 0 Å². The van der Waals surface area contributed by atoms with Crippen LogP contribution in [0.4, 0.5) is 4.39 Å². The van der Waals surface area contributed by atoms with E-state index < -0.39 is 22.7 Å². The molecule has 7 heteroatoms. The number of hydroxylamine groups is 1. The highest BCUT2D eigenvalue weighted by Crippen LogP contribution is 2.30. The minimum absolute atomic E-state index is 0.0874. The Hall–Kier alpha value is -2.67. The van der Waals surface area contributed by atoms with E-state index in [4.69, 9.17) is 9.94 Å². The van der Waals surface area contributed by atoms with Gasteiger partial charge in [-0.25, -0.2) is 9.87 Å². The van der Waals surface area contributed by atoms with Gasteiger partial charge in [-0.1, -0.05) is 44.2 Å². The number of ether oxygens (including phenoxy) is 1. The average molecular weight is 348 g/mol. The van der Waals surface area contributed by atoms with E-state index in [-0.39, 0.29) is 24.3 Å². The SMILES string of the molecule is COc1c(-c2ccccc2)c(F)cn(CCC(C)(C)C(=O)NO)c1=O. The van der Waals surface area contributed by atoms with Crippen LogP contribution in [0, 0.1) is 11.2 Å². The lowest BCUT2D eigenvalue weighted by Gasteiger charge is -2.22. The number of carbonyl (C=O) groups is 1. The molecule has 0 unspecified atom stereocenters. The first-order valence-corrected chi connectivity index (χ1v) is 7.78. The normalized spacial score (nSPS) is 11.2. The molecule has 0 aliphatic carbocycles. The van der Waals surface area contributed by atoms with Gasteiger partial charge in [0.25, 0.3) is 5.56 Å². The van der Waals surface area contributed by atoms with Crippen molar-refractivity contribution < 1.29 is 19.1 Å². The van der Waals surface area contributed by atoms with Crippen LogP contribution in [0.25, 0.3) is 11.1 Å². The fraction of sp³-hybridized carbons (Fsp3) is 0.333. The van der Waals surface area contributed by atoms with Gasteiger partial charge >= 0.3 is 0 Å². The highest BCUT2D eigenvalue weighted by molar-refractivity contribution is 5.80. The first kappa shape index (κ1) is 18.7. The van der Waals surface area contributed by atoms with Gasteiger partial charge in [0.2, 0.25) is 5.91 Å². The Morgan fingerprint density at radius 2 is 1.96 bits per heavy atom. The summed E-state index contributed by atoms with van der Waals surface area (Å²) in [6.07, 6.45) is 1.34. The molecule has 2 N–H and O–H groups in total. The van der Waals surface area contributed by atoms with E-state index in [0.717, 1.165) is 6.20 Å². The number of pyridine rings is 1. The first-order chi connectivity index (χ1) is 11.8. The second-order valence-electron chi connectivity index (χ2n) is 6.32. The van der Waals surface area contributed by atoms with Crippen molar-refractivity contribution >= 4 is 5.91 Å². The van der Waals surface area contributed by atoms with Crippen molar-refractivity contribution in [3.8, 4) is 16.9 Å². The standard InChI is InChI=1S/C18H21FN2O4/c1-18(2,17(23)20-24)9-10-21-11-13(19)14(15(25-3)16(21)22)12-7-5-4-6-8-12/h4-8,11,24H,9-10H2,1-3H3,(H,20,23).